The second-order valence-electron chi connectivity index (χ2n) is 4.10. The second kappa shape index (κ2) is 9.87. The molecule has 2 amide bonds. The van der Waals surface area contributed by atoms with Gasteiger partial charge in [-0.25, -0.2) is 9.59 Å². The average molecular weight is 261 g/mol. The van der Waals surface area contributed by atoms with Crippen LogP contribution < -0.4 is 11.1 Å². The molecule has 0 heterocycles. The number of hydrogen-bond acceptors (Lipinski definition) is 5. The quantitative estimate of drug-likeness (QED) is 0.307. The maximum atomic E-state index is 11.3. The smallest absolute Gasteiger partial charge is 0.450 e. The van der Waals surface area contributed by atoms with Gasteiger partial charge in [0.05, 0.1) is 19.0 Å². The Bertz CT molecular complexity index is 263. The van der Waals surface area contributed by atoms with Gasteiger partial charge in [0, 0.05) is 0 Å². The predicted molar refractivity (Wildman–Crippen MR) is 65.1 cm³/mol. The Labute approximate surface area is 107 Å². The van der Waals surface area contributed by atoms with Crippen LogP contribution in [0.1, 0.15) is 39.0 Å². The minimum Gasteiger partial charge on any atom is -0.450 e. The van der Waals surface area contributed by atoms with E-state index in [1.165, 1.54) is 0 Å². The molecule has 0 aromatic rings. The molecule has 0 radical (unpaired) electrons. The molecule has 0 aliphatic rings. The molecule has 18 heavy (non-hydrogen) atoms. The van der Waals surface area contributed by atoms with Gasteiger partial charge in [-0.15, -0.1) is 0 Å². The number of quaternary nitrogens is 1. The molecule has 0 aromatic heterocycles. The summed E-state index contributed by atoms with van der Waals surface area (Å²) in [7, 11) is -1.82. The van der Waals surface area contributed by atoms with Gasteiger partial charge in [-0.05, 0) is 6.42 Å². The highest BCUT2D eigenvalue weighted by Gasteiger charge is 2.28. The van der Waals surface area contributed by atoms with Crippen molar-refractivity contribution >= 4 is 19.1 Å². The fraction of sp³-hybridized carbons (Fsp3) is 0.800. The van der Waals surface area contributed by atoms with Crippen LogP contribution in [-0.4, -0.2) is 41.7 Å². The fourth-order valence-corrected chi connectivity index (χ4v) is 1.36. The summed E-state index contributed by atoms with van der Waals surface area (Å²) in [6, 6.07) is 0. The summed E-state index contributed by atoms with van der Waals surface area (Å²) in [5.74, 6) is -1.57. The van der Waals surface area contributed by atoms with Crippen LogP contribution in [0.2, 0.25) is 0 Å². The molecule has 0 aliphatic carbocycles. The van der Waals surface area contributed by atoms with Gasteiger partial charge in [0.25, 0.3) is 0 Å². The highest BCUT2D eigenvalue weighted by molar-refractivity contribution is 6.44. The molecule has 0 rings (SSSR count). The van der Waals surface area contributed by atoms with Crippen LogP contribution in [0.5, 0.6) is 0 Å². The molecule has 1 atom stereocenters. The summed E-state index contributed by atoms with van der Waals surface area (Å²) in [6.07, 6.45) is 2.92. The van der Waals surface area contributed by atoms with Crippen molar-refractivity contribution in [1.82, 2.24) is 5.32 Å². The summed E-state index contributed by atoms with van der Waals surface area (Å²) in [6.45, 7) is 2.36. The first-order valence-corrected chi connectivity index (χ1v) is 6.11. The van der Waals surface area contributed by atoms with Gasteiger partial charge in [0.1, 0.15) is 0 Å². The van der Waals surface area contributed by atoms with E-state index in [-0.39, 0.29) is 13.0 Å². The molecular weight excluding hydrogens is 239 g/mol. The van der Waals surface area contributed by atoms with Gasteiger partial charge >= 0.3 is 19.1 Å². The van der Waals surface area contributed by atoms with E-state index in [2.05, 4.69) is 18.0 Å². The van der Waals surface area contributed by atoms with Crippen molar-refractivity contribution in [1.29, 1.82) is 0 Å². The number of unbranched alkanes of at least 4 members (excludes halogenated alkanes) is 3. The van der Waals surface area contributed by atoms with Gasteiger partial charge in [-0.1, -0.05) is 26.2 Å². The summed E-state index contributed by atoms with van der Waals surface area (Å²) in [5.41, 5.74) is 3.11. The topological polar surface area (TPSA) is 124 Å². The number of rotatable bonds is 9. The van der Waals surface area contributed by atoms with Crippen molar-refractivity contribution in [2.24, 2.45) is 0 Å². The third-order valence-electron chi connectivity index (χ3n) is 2.34. The Kier molecular flexibility index (Phi) is 9.26. The van der Waals surface area contributed by atoms with E-state index in [4.69, 9.17) is 14.8 Å². The number of nitrogens with one attached hydrogen (secondary N) is 1. The Morgan fingerprint density at radius 2 is 2.00 bits per heavy atom. The highest BCUT2D eigenvalue weighted by Crippen LogP contribution is 1.99. The van der Waals surface area contributed by atoms with E-state index < -0.39 is 25.1 Å². The van der Waals surface area contributed by atoms with Crippen molar-refractivity contribution in [3.63, 3.8) is 0 Å². The Balaban J connectivity index is 3.84. The van der Waals surface area contributed by atoms with Crippen molar-refractivity contribution in [2.45, 2.75) is 45.0 Å². The first-order chi connectivity index (χ1) is 8.47. The number of carbonyl (C=O) groups excluding carboxylic acids is 2. The molecule has 0 aliphatic heterocycles. The summed E-state index contributed by atoms with van der Waals surface area (Å²) < 4.78 is 4.85. The lowest BCUT2D eigenvalue weighted by atomic mass is 9.77. The SMILES string of the molecule is CCCCCCOC(=O)N[C@H](CC([NH3+])=O)B(O)O. The van der Waals surface area contributed by atoms with Crippen LogP contribution in [0, 0.1) is 0 Å². The summed E-state index contributed by atoms with van der Waals surface area (Å²) >= 11 is 0. The van der Waals surface area contributed by atoms with Gasteiger partial charge in [0.2, 0.25) is 0 Å². The molecule has 0 bridgehead atoms. The Morgan fingerprint density at radius 3 is 2.50 bits per heavy atom. The molecule has 8 heteroatoms. The lowest BCUT2D eigenvalue weighted by molar-refractivity contribution is -0.305. The van der Waals surface area contributed by atoms with Crippen molar-refractivity contribution < 1.29 is 30.1 Å². The van der Waals surface area contributed by atoms with E-state index in [0.717, 1.165) is 25.7 Å². The van der Waals surface area contributed by atoms with Crippen molar-refractivity contribution in [3.8, 4) is 0 Å². The molecule has 7 nitrogen and oxygen atoms in total. The Hall–Kier alpha value is -1.12. The molecule has 0 aromatic carbocycles. The lowest BCUT2D eigenvalue weighted by Crippen LogP contribution is -2.61. The number of alkyl carbamates (subject to hydrolysis) is 1. The van der Waals surface area contributed by atoms with E-state index >= 15 is 0 Å². The zero-order valence-corrected chi connectivity index (χ0v) is 10.7. The van der Waals surface area contributed by atoms with Crippen LogP contribution in [0.3, 0.4) is 0 Å². The van der Waals surface area contributed by atoms with Gasteiger partial charge in [0.15, 0.2) is 0 Å². The standard InChI is InChI=1S/C10H21BN2O5/c1-2-3-4-5-6-18-10(15)13-8(11(16)17)7-9(12)14/h8,16-17H,2-7H2,1H3,(H2,12,14)(H,13,15)/p+1/t8-/m1/s1. The molecule has 6 N–H and O–H groups in total. The van der Waals surface area contributed by atoms with Crippen LogP contribution >= 0.6 is 0 Å². The zero-order chi connectivity index (χ0) is 14.0. The third-order valence-corrected chi connectivity index (χ3v) is 2.34. The van der Waals surface area contributed by atoms with Gasteiger partial charge < -0.3 is 20.1 Å². The molecule has 0 saturated heterocycles. The third kappa shape index (κ3) is 8.97. The first-order valence-electron chi connectivity index (χ1n) is 6.11. The zero-order valence-electron chi connectivity index (χ0n) is 10.7. The minimum absolute atomic E-state index is 0.247. The lowest BCUT2D eigenvalue weighted by Gasteiger charge is -2.15. The summed E-state index contributed by atoms with van der Waals surface area (Å²) in [5, 5.41) is 20.1. The maximum absolute atomic E-state index is 11.3. The fourth-order valence-electron chi connectivity index (χ4n) is 1.36. The van der Waals surface area contributed by atoms with Crippen molar-refractivity contribution in [3.05, 3.63) is 0 Å². The van der Waals surface area contributed by atoms with Gasteiger partial charge in [-0.2, -0.15) is 0 Å². The first kappa shape index (κ1) is 16.9. The second-order valence-corrected chi connectivity index (χ2v) is 4.10. The maximum Gasteiger partial charge on any atom is 0.476 e. The molecule has 0 saturated carbocycles. The van der Waals surface area contributed by atoms with Crippen molar-refractivity contribution in [2.75, 3.05) is 6.61 Å². The number of carbonyl (C=O) groups is 2. The molecule has 0 fully saturated rings. The predicted octanol–water partition coefficient (Wildman–Crippen LogP) is -1.17. The van der Waals surface area contributed by atoms with Crippen LogP contribution in [-0.2, 0) is 9.53 Å². The average Bonchev–Trinajstić information content (AvgIpc) is 2.27. The van der Waals surface area contributed by atoms with Crippen LogP contribution in [0.4, 0.5) is 4.79 Å². The van der Waals surface area contributed by atoms with Gasteiger partial charge in [-0.3, -0.25) is 5.73 Å². The molecule has 0 unspecified atom stereocenters. The van der Waals surface area contributed by atoms with E-state index in [1.807, 2.05) is 0 Å². The molecule has 0 spiro atoms. The van der Waals surface area contributed by atoms with Crippen LogP contribution in [0.15, 0.2) is 0 Å². The number of amides is 2. The number of hydrogen-bond donors (Lipinski definition) is 4. The minimum atomic E-state index is -1.82. The largest absolute Gasteiger partial charge is 0.476 e. The number of ether oxygens (including phenoxy) is 1. The monoisotopic (exact) mass is 261 g/mol. The van der Waals surface area contributed by atoms with E-state index in [0.29, 0.717) is 0 Å². The molecular formula is C10H22BN2O5+. The highest BCUT2D eigenvalue weighted by atomic mass is 16.5. The van der Waals surface area contributed by atoms with Crippen LogP contribution in [0.25, 0.3) is 0 Å². The van der Waals surface area contributed by atoms with E-state index in [9.17, 15) is 9.59 Å². The Morgan fingerprint density at radius 1 is 1.33 bits per heavy atom. The van der Waals surface area contributed by atoms with E-state index in [1.54, 1.807) is 0 Å². The summed E-state index contributed by atoms with van der Waals surface area (Å²) in [4.78, 5) is 22.0. The normalized spacial score (nSPS) is 11.8. The molecule has 104 valence electrons.